The van der Waals surface area contributed by atoms with Crippen molar-refractivity contribution in [3.63, 3.8) is 0 Å². The molecule has 0 fully saturated rings. The van der Waals surface area contributed by atoms with Gasteiger partial charge in [0.05, 0.1) is 10.8 Å². The number of pyridine rings is 1. The average Bonchev–Trinajstić information content (AvgIpc) is 2.68. The van der Waals surface area contributed by atoms with Crippen LogP contribution in [0.1, 0.15) is 11.3 Å². The van der Waals surface area contributed by atoms with E-state index in [1.54, 1.807) is 0 Å². The highest BCUT2D eigenvalue weighted by molar-refractivity contribution is 6.06. The van der Waals surface area contributed by atoms with Gasteiger partial charge in [-0.3, -0.25) is 0 Å². The largest absolute Gasteiger partial charge is 0.378 e. The molecule has 0 unspecified atom stereocenters. The third kappa shape index (κ3) is 2.84. The third-order valence-corrected chi connectivity index (χ3v) is 4.96. The molecule has 0 N–H and O–H groups in total. The van der Waals surface area contributed by atoms with Crippen molar-refractivity contribution in [1.29, 1.82) is 0 Å². The van der Waals surface area contributed by atoms with Crippen LogP contribution < -0.4 is 9.47 Å². The molecule has 0 aliphatic carbocycles. The van der Waals surface area contributed by atoms with E-state index in [-0.39, 0.29) is 0 Å². The fraction of sp³-hybridized carbons (Fsp3) is 0.125. The van der Waals surface area contributed by atoms with E-state index >= 15 is 0 Å². The molecule has 2 nitrogen and oxygen atoms in total. The molecule has 1 heterocycles. The Hall–Kier alpha value is -3.13. The highest BCUT2D eigenvalue weighted by Gasteiger charge is 2.15. The minimum absolute atomic E-state index is 1.20. The van der Waals surface area contributed by atoms with Crippen LogP contribution >= 0.6 is 0 Å². The molecule has 0 bridgehead atoms. The lowest BCUT2D eigenvalue weighted by Crippen LogP contribution is -2.33. The first-order valence-electron chi connectivity index (χ1n) is 8.90. The van der Waals surface area contributed by atoms with E-state index in [4.69, 9.17) is 0 Å². The van der Waals surface area contributed by atoms with Crippen LogP contribution in [-0.2, 0) is 7.05 Å². The van der Waals surface area contributed by atoms with E-state index in [9.17, 15) is 0 Å². The molecular weight excluding hydrogens is 316 g/mol. The van der Waals surface area contributed by atoms with E-state index in [0.717, 1.165) is 0 Å². The Bertz CT molecular complexity index is 1110. The first kappa shape index (κ1) is 16.3. The monoisotopic (exact) mass is 339 g/mol. The fourth-order valence-electron chi connectivity index (χ4n) is 3.51. The van der Waals surface area contributed by atoms with E-state index in [1.165, 1.54) is 38.6 Å². The minimum atomic E-state index is 1.20. The van der Waals surface area contributed by atoms with Crippen molar-refractivity contribution in [3.05, 3.63) is 84.1 Å². The Morgan fingerprint density at radius 3 is 2.00 bits per heavy atom. The van der Waals surface area contributed by atoms with Gasteiger partial charge in [0.25, 0.3) is 0 Å². The van der Waals surface area contributed by atoms with E-state index < -0.39 is 0 Å². The number of nitrogens with zero attached hydrogens (tertiary/aromatic N) is 2. The van der Waals surface area contributed by atoms with E-state index in [2.05, 4.69) is 116 Å². The van der Waals surface area contributed by atoms with Crippen LogP contribution in [0.25, 0.3) is 33.8 Å². The molecule has 1 aromatic heterocycles. The molecule has 0 aliphatic heterocycles. The quantitative estimate of drug-likeness (QED) is 0.374. The SMILES string of the molecule is CN(C)c1ccc(/C=C/c2c3ccccc3c3ccccc3[n+]2C)cc1. The molecule has 4 aromatic rings. The van der Waals surface area contributed by atoms with Crippen molar-refractivity contribution >= 4 is 39.5 Å². The van der Waals surface area contributed by atoms with Gasteiger partial charge in [-0.05, 0) is 35.9 Å². The topological polar surface area (TPSA) is 7.12 Å². The lowest BCUT2D eigenvalue weighted by molar-refractivity contribution is -0.645. The molecule has 0 spiro atoms. The number of aryl methyl sites for hydroxylation is 1. The second kappa shape index (κ2) is 6.64. The van der Waals surface area contributed by atoms with Crippen molar-refractivity contribution in [2.24, 2.45) is 7.05 Å². The molecule has 128 valence electrons. The van der Waals surface area contributed by atoms with Crippen LogP contribution in [0.4, 0.5) is 5.69 Å². The zero-order valence-corrected chi connectivity index (χ0v) is 15.5. The highest BCUT2D eigenvalue weighted by atomic mass is 15.1. The summed E-state index contributed by atoms with van der Waals surface area (Å²) in [6.45, 7) is 0. The number of rotatable bonds is 3. The summed E-state index contributed by atoms with van der Waals surface area (Å²) in [4.78, 5) is 2.12. The summed E-state index contributed by atoms with van der Waals surface area (Å²) >= 11 is 0. The first-order chi connectivity index (χ1) is 12.6. The number of fused-ring (bicyclic) bond motifs is 3. The molecule has 0 atom stereocenters. The van der Waals surface area contributed by atoms with Gasteiger partial charge in [-0.1, -0.05) is 42.5 Å². The van der Waals surface area contributed by atoms with Crippen molar-refractivity contribution in [2.45, 2.75) is 0 Å². The van der Waals surface area contributed by atoms with Gasteiger partial charge in [0, 0.05) is 37.3 Å². The summed E-state index contributed by atoms with van der Waals surface area (Å²) in [5, 5.41) is 3.86. The first-order valence-corrected chi connectivity index (χ1v) is 8.90. The standard InChI is InChI=1S/C24H23N2/c1-25(2)19-15-12-18(13-16-19)14-17-24-22-9-5-4-8-20(22)21-10-6-7-11-23(21)26(24)3/h4-17H,1-3H3/q+1. The minimum Gasteiger partial charge on any atom is -0.378 e. The molecule has 0 saturated carbocycles. The Morgan fingerprint density at radius 1 is 0.692 bits per heavy atom. The van der Waals surface area contributed by atoms with Crippen LogP contribution in [0.3, 0.4) is 0 Å². The maximum Gasteiger partial charge on any atom is 0.213 e. The summed E-state index contributed by atoms with van der Waals surface area (Å²) in [5.74, 6) is 0. The summed E-state index contributed by atoms with van der Waals surface area (Å²) < 4.78 is 2.28. The Morgan fingerprint density at radius 2 is 1.31 bits per heavy atom. The van der Waals surface area contributed by atoms with Crippen LogP contribution in [-0.4, -0.2) is 14.1 Å². The van der Waals surface area contributed by atoms with Crippen molar-refractivity contribution < 1.29 is 4.57 Å². The number of benzene rings is 3. The molecular formula is C24H23N2+. The van der Waals surface area contributed by atoms with Crippen molar-refractivity contribution in [1.82, 2.24) is 0 Å². The Balaban J connectivity index is 1.86. The second-order valence-electron chi connectivity index (χ2n) is 6.83. The number of anilines is 1. The van der Waals surface area contributed by atoms with Crippen LogP contribution in [0.15, 0.2) is 72.8 Å². The molecule has 0 saturated heterocycles. The summed E-state index contributed by atoms with van der Waals surface area (Å²) in [5.41, 5.74) is 4.88. The summed E-state index contributed by atoms with van der Waals surface area (Å²) in [6.07, 6.45) is 4.41. The van der Waals surface area contributed by atoms with Crippen LogP contribution in [0.5, 0.6) is 0 Å². The van der Waals surface area contributed by atoms with Crippen LogP contribution in [0.2, 0.25) is 0 Å². The normalized spacial score (nSPS) is 11.5. The highest BCUT2D eigenvalue weighted by Crippen LogP contribution is 2.26. The van der Waals surface area contributed by atoms with Gasteiger partial charge in [-0.2, -0.15) is 4.57 Å². The van der Waals surface area contributed by atoms with E-state index in [0.29, 0.717) is 0 Å². The lowest BCUT2D eigenvalue weighted by atomic mass is 10.0. The fourth-order valence-corrected chi connectivity index (χ4v) is 3.51. The Labute approximate surface area is 154 Å². The molecule has 0 amide bonds. The number of para-hydroxylation sites is 1. The van der Waals surface area contributed by atoms with Gasteiger partial charge in [0.2, 0.25) is 11.2 Å². The number of aromatic nitrogens is 1. The summed E-state index contributed by atoms with van der Waals surface area (Å²) in [6, 6.07) is 25.9. The van der Waals surface area contributed by atoms with Crippen LogP contribution in [0, 0.1) is 0 Å². The predicted molar refractivity (Wildman–Crippen MR) is 112 cm³/mol. The zero-order chi connectivity index (χ0) is 18.1. The Kier molecular flexibility index (Phi) is 4.18. The maximum absolute atomic E-state index is 2.28. The van der Waals surface area contributed by atoms with Gasteiger partial charge in [0.1, 0.15) is 7.05 Å². The molecule has 0 radical (unpaired) electrons. The average molecular weight is 339 g/mol. The molecule has 4 rings (SSSR count). The molecule has 0 aliphatic rings. The molecule has 2 heteroatoms. The summed E-state index contributed by atoms with van der Waals surface area (Å²) in [7, 11) is 6.27. The smallest absolute Gasteiger partial charge is 0.213 e. The van der Waals surface area contributed by atoms with Gasteiger partial charge in [-0.15, -0.1) is 0 Å². The number of hydrogen-bond acceptors (Lipinski definition) is 1. The van der Waals surface area contributed by atoms with Gasteiger partial charge in [-0.25, -0.2) is 0 Å². The predicted octanol–water partition coefficient (Wildman–Crippen LogP) is 5.05. The van der Waals surface area contributed by atoms with Gasteiger partial charge >= 0.3 is 0 Å². The molecule has 3 aromatic carbocycles. The molecule has 26 heavy (non-hydrogen) atoms. The van der Waals surface area contributed by atoms with Gasteiger partial charge in [0.15, 0.2) is 0 Å². The number of hydrogen-bond donors (Lipinski definition) is 0. The second-order valence-corrected chi connectivity index (χ2v) is 6.83. The van der Waals surface area contributed by atoms with E-state index in [1.807, 2.05) is 0 Å². The van der Waals surface area contributed by atoms with Crippen molar-refractivity contribution in [3.8, 4) is 0 Å². The van der Waals surface area contributed by atoms with Gasteiger partial charge < -0.3 is 4.90 Å². The zero-order valence-electron chi connectivity index (χ0n) is 15.5. The van der Waals surface area contributed by atoms with Crippen molar-refractivity contribution in [2.75, 3.05) is 19.0 Å². The lowest BCUT2D eigenvalue weighted by Gasteiger charge is -2.11. The third-order valence-electron chi connectivity index (χ3n) is 4.96. The maximum atomic E-state index is 2.28.